The molecule has 0 aliphatic carbocycles. The number of benzene rings is 1. The molecular weight excluding hydrogens is 172 g/mol. The average Bonchev–Trinajstić information content (AvgIpc) is 2.71. The lowest BCUT2D eigenvalue weighted by molar-refractivity contribution is 0.863. The molecule has 0 bridgehead atoms. The predicted molar refractivity (Wildman–Crippen MR) is 61.0 cm³/mol. The van der Waals surface area contributed by atoms with Crippen molar-refractivity contribution in [1.29, 1.82) is 0 Å². The minimum absolute atomic E-state index is 0.603. The molecule has 1 aliphatic rings. The number of nitrogens with zero attached hydrogens (tertiary/aromatic N) is 2. The maximum Gasteiger partial charge on any atom is 0.0594 e. The number of hydrogen-bond acceptors (Lipinski definition) is 2. The first-order valence-electron chi connectivity index (χ1n) is 5.17. The molecule has 0 atom stereocenters. The van der Waals surface area contributed by atoms with Crippen LogP contribution in [-0.2, 0) is 0 Å². The van der Waals surface area contributed by atoms with Crippen molar-refractivity contribution >= 4 is 11.9 Å². The second kappa shape index (κ2) is 3.82. The fourth-order valence-electron chi connectivity index (χ4n) is 1.62. The van der Waals surface area contributed by atoms with Crippen LogP contribution < -0.4 is 5.01 Å². The molecule has 0 radical (unpaired) electrons. The van der Waals surface area contributed by atoms with E-state index in [2.05, 4.69) is 43.2 Å². The molecule has 0 saturated heterocycles. The van der Waals surface area contributed by atoms with Gasteiger partial charge in [0.1, 0.15) is 0 Å². The van der Waals surface area contributed by atoms with Gasteiger partial charge in [-0.3, -0.25) is 5.01 Å². The second-order valence-electron chi connectivity index (χ2n) is 3.96. The van der Waals surface area contributed by atoms with Crippen molar-refractivity contribution in [2.45, 2.75) is 26.2 Å². The van der Waals surface area contributed by atoms with Crippen molar-refractivity contribution in [3.8, 4) is 0 Å². The molecule has 1 heterocycles. The molecule has 0 amide bonds. The van der Waals surface area contributed by atoms with E-state index in [0.29, 0.717) is 5.92 Å². The van der Waals surface area contributed by atoms with Crippen molar-refractivity contribution in [2.75, 3.05) is 11.6 Å². The normalized spacial score (nSPS) is 15.5. The van der Waals surface area contributed by atoms with Gasteiger partial charge in [-0.1, -0.05) is 26.0 Å². The Labute approximate surface area is 85.2 Å². The van der Waals surface area contributed by atoms with Crippen LogP contribution in [0.25, 0.3) is 0 Å². The predicted octanol–water partition coefficient (Wildman–Crippen LogP) is 3.01. The van der Waals surface area contributed by atoms with Crippen LogP contribution in [0.4, 0.5) is 5.69 Å². The molecule has 0 unspecified atom stereocenters. The monoisotopic (exact) mass is 188 g/mol. The van der Waals surface area contributed by atoms with Crippen molar-refractivity contribution < 1.29 is 0 Å². The zero-order chi connectivity index (χ0) is 9.97. The third-order valence-corrected chi connectivity index (χ3v) is 2.55. The van der Waals surface area contributed by atoms with Crippen molar-refractivity contribution in [3.05, 3.63) is 29.8 Å². The maximum atomic E-state index is 4.29. The molecule has 2 heteroatoms. The summed E-state index contributed by atoms with van der Waals surface area (Å²) in [5.74, 6) is 0.603. The Hall–Kier alpha value is -1.31. The van der Waals surface area contributed by atoms with Gasteiger partial charge in [-0.25, -0.2) is 0 Å². The molecule has 1 aliphatic heterocycles. The summed E-state index contributed by atoms with van der Waals surface area (Å²) in [6, 6.07) is 8.68. The Morgan fingerprint density at radius 3 is 2.43 bits per heavy atom. The van der Waals surface area contributed by atoms with Gasteiger partial charge >= 0.3 is 0 Å². The highest BCUT2D eigenvalue weighted by molar-refractivity contribution is 5.65. The van der Waals surface area contributed by atoms with E-state index < -0.39 is 0 Å². The molecule has 14 heavy (non-hydrogen) atoms. The van der Waals surface area contributed by atoms with Gasteiger partial charge in [0.25, 0.3) is 0 Å². The van der Waals surface area contributed by atoms with Crippen LogP contribution in [0.1, 0.15) is 31.7 Å². The van der Waals surface area contributed by atoms with Gasteiger partial charge in [0, 0.05) is 19.2 Å². The van der Waals surface area contributed by atoms with E-state index in [1.54, 1.807) is 0 Å². The van der Waals surface area contributed by atoms with Crippen molar-refractivity contribution in [2.24, 2.45) is 5.10 Å². The highest BCUT2D eigenvalue weighted by Gasteiger charge is 2.08. The number of rotatable bonds is 2. The molecule has 0 fully saturated rings. The van der Waals surface area contributed by atoms with Crippen LogP contribution in [0.2, 0.25) is 0 Å². The van der Waals surface area contributed by atoms with Crippen molar-refractivity contribution in [1.82, 2.24) is 0 Å². The fourth-order valence-corrected chi connectivity index (χ4v) is 1.62. The SMILES string of the molecule is CC(C)c1ccc(N2CCC=N2)cc1. The quantitative estimate of drug-likeness (QED) is 0.696. The second-order valence-corrected chi connectivity index (χ2v) is 3.96. The van der Waals surface area contributed by atoms with E-state index in [1.165, 1.54) is 11.3 Å². The van der Waals surface area contributed by atoms with E-state index in [4.69, 9.17) is 0 Å². The third-order valence-electron chi connectivity index (χ3n) is 2.55. The summed E-state index contributed by atoms with van der Waals surface area (Å²) in [5, 5.41) is 6.33. The zero-order valence-corrected chi connectivity index (χ0v) is 8.77. The molecule has 0 saturated carbocycles. The molecule has 74 valence electrons. The number of anilines is 1. The van der Waals surface area contributed by atoms with Gasteiger partial charge in [-0.15, -0.1) is 0 Å². The van der Waals surface area contributed by atoms with Crippen LogP contribution in [0, 0.1) is 0 Å². The van der Waals surface area contributed by atoms with Crippen LogP contribution in [-0.4, -0.2) is 12.8 Å². The Balaban J connectivity index is 2.17. The number of hydrogen-bond donors (Lipinski definition) is 0. The molecule has 0 aromatic heterocycles. The molecule has 1 aromatic carbocycles. The van der Waals surface area contributed by atoms with Gasteiger partial charge in [-0.05, 0) is 23.6 Å². The third kappa shape index (κ3) is 1.79. The van der Waals surface area contributed by atoms with Crippen molar-refractivity contribution in [3.63, 3.8) is 0 Å². The molecule has 1 aromatic rings. The fraction of sp³-hybridized carbons (Fsp3) is 0.417. The molecule has 0 N–H and O–H groups in total. The minimum atomic E-state index is 0.603. The van der Waals surface area contributed by atoms with Gasteiger partial charge in [0.05, 0.1) is 5.69 Å². The van der Waals surface area contributed by atoms with E-state index in [0.717, 1.165) is 13.0 Å². The zero-order valence-electron chi connectivity index (χ0n) is 8.77. The minimum Gasteiger partial charge on any atom is -0.266 e. The van der Waals surface area contributed by atoms with Gasteiger partial charge in [0.15, 0.2) is 0 Å². The number of hydrazone groups is 1. The lowest BCUT2D eigenvalue weighted by atomic mass is 10.0. The standard InChI is InChI=1S/C12H16N2/c1-10(2)11-4-6-12(7-5-11)14-9-3-8-13-14/h4-8,10H,3,9H2,1-2H3. The van der Waals surface area contributed by atoms with Crippen LogP contribution >= 0.6 is 0 Å². The first kappa shape index (κ1) is 9.25. The Morgan fingerprint density at radius 2 is 1.93 bits per heavy atom. The largest absolute Gasteiger partial charge is 0.266 e. The van der Waals surface area contributed by atoms with E-state index in [1.807, 2.05) is 11.2 Å². The summed E-state index contributed by atoms with van der Waals surface area (Å²) in [7, 11) is 0. The van der Waals surface area contributed by atoms with E-state index >= 15 is 0 Å². The van der Waals surface area contributed by atoms with Gasteiger partial charge in [-0.2, -0.15) is 5.10 Å². The van der Waals surface area contributed by atoms with Gasteiger partial charge in [0.2, 0.25) is 0 Å². The molecule has 2 rings (SSSR count). The van der Waals surface area contributed by atoms with Crippen LogP contribution in [0.3, 0.4) is 0 Å². The Kier molecular flexibility index (Phi) is 2.53. The summed E-state index contributed by atoms with van der Waals surface area (Å²) < 4.78 is 0. The summed E-state index contributed by atoms with van der Waals surface area (Å²) in [6.45, 7) is 5.44. The first-order chi connectivity index (χ1) is 6.77. The van der Waals surface area contributed by atoms with Crippen LogP contribution in [0.5, 0.6) is 0 Å². The highest BCUT2D eigenvalue weighted by Crippen LogP contribution is 2.21. The summed E-state index contributed by atoms with van der Waals surface area (Å²) in [5.41, 5.74) is 2.58. The molecule has 0 spiro atoms. The van der Waals surface area contributed by atoms with Gasteiger partial charge < -0.3 is 0 Å². The van der Waals surface area contributed by atoms with E-state index in [-0.39, 0.29) is 0 Å². The first-order valence-corrected chi connectivity index (χ1v) is 5.17. The smallest absolute Gasteiger partial charge is 0.0594 e. The summed E-state index contributed by atoms with van der Waals surface area (Å²) in [6.07, 6.45) is 3.03. The summed E-state index contributed by atoms with van der Waals surface area (Å²) in [4.78, 5) is 0. The average molecular weight is 188 g/mol. The van der Waals surface area contributed by atoms with E-state index in [9.17, 15) is 0 Å². The summed E-state index contributed by atoms with van der Waals surface area (Å²) >= 11 is 0. The molecule has 2 nitrogen and oxygen atoms in total. The highest BCUT2D eigenvalue weighted by atomic mass is 15.5. The van der Waals surface area contributed by atoms with Crippen LogP contribution in [0.15, 0.2) is 29.4 Å². The Bertz CT molecular complexity index is 325. The topological polar surface area (TPSA) is 15.6 Å². The maximum absolute atomic E-state index is 4.29. The Morgan fingerprint density at radius 1 is 1.21 bits per heavy atom. The molecular formula is C12H16N2. The lowest BCUT2D eigenvalue weighted by Crippen LogP contribution is -2.11. The lowest BCUT2D eigenvalue weighted by Gasteiger charge is -2.14.